The summed E-state index contributed by atoms with van der Waals surface area (Å²) in [7, 11) is 0. The zero-order valence-corrected chi connectivity index (χ0v) is 12.6. The van der Waals surface area contributed by atoms with E-state index in [0.29, 0.717) is 19.1 Å². The van der Waals surface area contributed by atoms with Gasteiger partial charge in [-0.05, 0) is 25.0 Å². The Hall–Kier alpha value is -1.69. The van der Waals surface area contributed by atoms with Crippen LogP contribution in [-0.4, -0.2) is 25.2 Å². The second kappa shape index (κ2) is 8.68. The molecule has 0 atom stereocenters. The molecule has 3 N–H and O–H groups in total. The van der Waals surface area contributed by atoms with Gasteiger partial charge in [-0.25, -0.2) is 13.6 Å². The Morgan fingerprint density at radius 1 is 1.09 bits per heavy atom. The maximum atomic E-state index is 13.4. The van der Waals surface area contributed by atoms with Gasteiger partial charge in [0.05, 0.1) is 5.69 Å². The molecule has 1 saturated carbocycles. The predicted octanol–water partition coefficient (Wildman–Crippen LogP) is 3.40. The van der Waals surface area contributed by atoms with Gasteiger partial charge < -0.3 is 16.0 Å². The standard InChI is InChI=1S/C16H23F2N3O/c17-12-7-8-15(14(18)11-12)21-16(22)20-10-9-19-13-5-3-1-2-4-6-13/h7-8,11,13,19H,1-6,9-10H2,(H2,20,21,22). The van der Waals surface area contributed by atoms with Gasteiger partial charge in [-0.2, -0.15) is 0 Å². The largest absolute Gasteiger partial charge is 0.337 e. The summed E-state index contributed by atoms with van der Waals surface area (Å²) in [6, 6.07) is 3.08. The third-order valence-electron chi connectivity index (χ3n) is 3.88. The Balaban J connectivity index is 1.65. The fourth-order valence-electron chi connectivity index (χ4n) is 2.69. The van der Waals surface area contributed by atoms with Crippen LogP contribution in [0.3, 0.4) is 0 Å². The first-order valence-corrected chi connectivity index (χ1v) is 7.88. The van der Waals surface area contributed by atoms with Gasteiger partial charge in [0.1, 0.15) is 11.6 Å². The van der Waals surface area contributed by atoms with Crippen LogP contribution in [0, 0.1) is 11.6 Å². The molecule has 1 aromatic carbocycles. The molecule has 1 fully saturated rings. The number of halogens is 2. The van der Waals surface area contributed by atoms with Gasteiger partial charge in [0.25, 0.3) is 0 Å². The van der Waals surface area contributed by atoms with E-state index in [9.17, 15) is 13.6 Å². The lowest BCUT2D eigenvalue weighted by molar-refractivity contribution is 0.251. The molecule has 0 aromatic heterocycles. The van der Waals surface area contributed by atoms with Crippen molar-refractivity contribution in [1.29, 1.82) is 0 Å². The number of anilines is 1. The number of amides is 2. The summed E-state index contributed by atoms with van der Waals surface area (Å²) < 4.78 is 26.1. The molecule has 1 aliphatic carbocycles. The quantitative estimate of drug-likeness (QED) is 0.576. The molecule has 2 rings (SSSR count). The summed E-state index contributed by atoms with van der Waals surface area (Å²) in [5.74, 6) is -1.46. The first-order valence-electron chi connectivity index (χ1n) is 7.88. The van der Waals surface area contributed by atoms with E-state index in [0.717, 1.165) is 12.1 Å². The molecule has 0 heterocycles. The number of nitrogens with one attached hydrogen (secondary N) is 3. The minimum atomic E-state index is -0.785. The molecule has 6 heteroatoms. The molecule has 0 bridgehead atoms. The molecule has 1 aromatic rings. The fourth-order valence-corrected chi connectivity index (χ4v) is 2.69. The van der Waals surface area contributed by atoms with E-state index >= 15 is 0 Å². The normalized spacial score (nSPS) is 16.1. The van der Waals surface area contributed by atoms with Crippen LogP contribution in [0.5, 0.6) is 0 Å². The number of urea groups is 1. The highest BCUT2D eigenvalue weighted by Gasteiger charge is 2.11. The lowest BCUT2D eigenvalue weighted by Crippen LogP contribution is -2.38. The lowest BCUT2D eigenvalue weighted by atomic mass is 10.1. The van der Waals surface area contributed by atoms with Crippen molar-refractivity contribution in [2.45, 2.75) is 44.6 Å². The number of benzene rings is 1. The van der Waals surface area contributed by atoms with E-state index in [1.807, 2.05) is 0 Å². The minimum Gasteiger partial charge on any atom is -0.337 e. The van der Waals surface area contributed by atoms with Gasteiger partial charge in [0.2, 0.25) is 0 Å². The Morgan fingerprint density at radius 3 is 2.50 bits per heavy atom. The Kier molecular flexibility index (Phi) is 6.58. The van der Waals surface area contributed by atoms with Crippen molar-refractivity contribution >= 4 is 11.7 Å². The highest BCUT2D eigenvalue weighted by Crippen LogP contribution is 2.17. The molecule has 0 aliphatic heterocycles. The monoisotopic (exact) mass is 311 g/mol. The summed E-state index contributed by atoms with van der Waals surface area (Å²) in [6.07, 6.45) is 7.51. The zero-order valence-electron chi connectivity index (χ0n) is 12.6. The van der Waals surface area contributed by atoms with E-state index in [2.05, 4.69) is 16.0 Å². The number of carbonyl (C=O) groups excluding carboxylic acids is 1. The molecule has 22 heavy (non-hydrogen) atoms. The summed E-state index contributed by atoms with van der Waals surface area (Å²) in [6.45, 7) is 1.15. The molecule has 4 nitrogen and oxygen atoms in total. The average Bonchev–Trinajstić information content (AvgIpc) is 2.75. The summed E-state index contributed by atoms with van der Waals surface area (Å²) >= 11 is 0. The van der Waals surface area contributed by atoms with E-state index in [4.69, 9.17) is 0 Å². The second-order valence-corrected chi connectivity index (χ2v) is 5.65. The van der Waals surface area contributed by atoms with Crippen LogP contribution in [0.2, 0.25) is 0 Å². The Morgan fingerprint density at radius 2 is 1.82 bits per heavy atom. The van der Waals surface area contributed by atoms with Gasteiger partial charge in [0, 0.05) is 25.2 Å². The summed E-state index contributed by atoms with van der Waals surface area (Å²) in [5, 5.41) is 8.46. The molecular formula is C16H23F2N3O. The van der Waals surface area contributed by atoms with Gasteiger partial charge in [-0.1, -0.05) is 25.7 Å². The van der Waals surface area contributed by atoms with Crippen LogP contribution >= 0.6 is 0 Å². The SMILES string of the molecule is O=C(NCCNC1CCCCCC1)Nc1ccc(F)cc1F. The molecule has 2 amide bonds. The number of hydrogen-bond acceptors (Lipinski definition) is 2. The van der Waals surface area contributed by atoms with E-state index in [1.54, 1.807) is 0 Å². The van der Waals surface area contributed by atoms with Crippen molar-refractivity contribution in [3.63, 3.8) is 0 Å². The lowest BCUT2D eigenvalue weighted by Gasteiger charge is -2.16. The molecular weight excluding hydrogens is 288 g/mol. The maximum Gasteiger partial charge on any atom is 0.319 e. The van der Waals surface area contributed by atoms with Crippen LogP contribution in [0.1, 0.15) is 38.5 Å². The molecule has 0 radical (unpaired) electrons. The minimum absolute atomic E-state index is 0.0318. The third kappa shape index (κ3) is 5.60. The van der Waals surface area contributed by atoms with Gasteiger partial charge in [-0.15, -0.1) is 0 Å². The first kappa shape index (κ1) is 16.7. The van der Waals surface area contributed by atoms with Crippen LogP contribution in [-0.2, 0) is 0 Å². The van der Waals surface area contributed by atoms with E-state index in [-0.39, 0.29) is 5.69 Å². The van der Waals surface area contributed by atoms with Crippen LogP contribution in [0.4, 0.5) is 19.3 Å². The maximum absolute atomic E-state index is 13.4. The van der Waals surface area contributed by atoms with E-state index in [1.165, 1.54) is 44.6 Å². The van der Waals surface area contributed by atoms with Crippen LogP contribution in [0.15, 0.2) is 18.2 Å². The average molecular weight is 311 g/mol. The van der Waals surface area contributed by atoms with Crippen molar-refractivity contribution in [3.05, 3.63) is 29.8 Å². The van der Waals surface area contributed by atoms with Crippen LogP contribution < -0.4 is 16.0 Å². The zero-order chi connectivity index (χ0) is 15.8. The van der Waals surface area contributed by atoms with Crippen molar-refractivity contribution in [2.75, 3.05) is 18.4 Å². The number of rotatable bonds is 5. The van der Waals surface area contributed by atoms with Gasteiger partial charge in [-0.3, -0.25) is 0 Å². The Labute approximate surface area is 129 Å². The smallest absolute Gasteiger partial charge is 0.319 e. The van der Waals surface area contributed by atoms with Crippen molar-refractivity contribution < 1.29 is 13.6 Å². The highest BCUT2D eigenvalue weighted by molar-refractivity contribution is 5.89. The van der Waals surface area contributed by atoms with Crippen molar-refractivity contribution in [1.82, 2.24) is 10.6 Å². The topological polar surface area (TPSA) is 53.2 Å². The Bertz CT molecular complexity index is 488. The fraction of sp³-hybridized carbons (Fsp3) is 0.562. The first-order chi connectivity index (χ1) is 10.6. The molecule has 1 aliphatic rings. The van der Waals surface area contributed by atoms with Gasteiger partial charge >= 0.3 is 6.03 Å². The van der Waals surface area contributed by atoms with Crippen molar-refractivity contribution in [3.8, 4) is 0 Å². The molecule has 122 valence electrons. The molecule has 0 saturated heterocycles. The third-order valence-corrected chi connectivity index (χ3v) is 3.88. The molecule has 0 spiro atoms. The summed E-state index contributed by atoms with van der Waals surface area (Å²) in [4.78, 5) is 11.6. The van der Waals surface area contributed by atoms with Crippen molar-refractivity contribution in [2.24, 2.45) is 0 Å². The number of carbonyl (C=O) groups is 1. The molecule has 0 unspecified atom stereocenters. The highest BCUT2D eigenvalue weighted by atomic mass is 19.1. The van der Waals surface area contributed by atoms with E-state index < -0.39 is 17.7 Å². The van der Waals surface area contributed by atoms with Gasteiger partial charge in [0.15, 0.2) is 0 Å². The predicted molar refractivity (Wildman–Crippen MR) is 82.9 cm³/mol. The number of hydrogen-bond donors (Lipinski definition) is 3. The van der Waals surface area contributed by atoms with Crippen LogP contribution in [0.25, 0.3) is 0 Å². The second-order valence-electron chi connectivity index (χ2n) is 5.65. The summed E-state index contributed by atoms with van der Waals surface area (Å²) in [5.41, 5.74) is -0.0318.